The van der Waals surface area contributed by atoms with Crippen LogP contribution in [0.1, 0.15) is 43.8 Å². The van der Waals surface area contributed by atoms with Gasteiger partial charge in [-0.1, -0.05) is 31.0 Å². The van der Waals surface area contributed by atoms with Crippen molar-refractivity contribution in [2.75, 3.05) is 14.2 Å². The van der Waals surface area contributed by atoms with E-state index in [1.165, 1.54) is 19.3 Å². The van der Waals surface area contributed by atoms with Crippen LogP contribution in [0.15, 0.2) is 51.7 Å². The number of hydrogen-bond donors (Lipinski definition) is 0. The van der Waals surface area contributed by atoms with E-state index < -0.39 is 0 Å². The highest BCUT2D eigenvalue weighted by atomic mass is 32.2. The quantitative estimate of drug-likeness (QED) is 0.266. The number of rotatable bonds is 8. The highest BCUT2D eigenvalue weighted by molar-refractivity contribution is 7.98. The first kappa shape index (κ1) is 22.0. The van der Waals surface area contributed by atoms with Crippen molar-refractivity contribution in [1.29, 1.82) is 0 Å². The van der Waals surface area contributed by atoms with Crippen molar-refractivity contribution in [3.63, 3.8) is 0 Å². The molecule has 0 atom stereocenters. The maximum absolute atomic E-state index is 5.53. The van der Waals surface area contributed by atoms with Gasteiger partial charge in [-0.25, -0.2) is 4.98 Å². The molecule has 0 saturated heterocycles. The summed E-state index contributed by atoms with van der Waals surface area (Å²) in [6, 6.07) is 8.26. The average molecular weight is 483 g/mol. The Hall–Kier alpha value is -2.78. The largest absolute Gasteiger partial charge is 0.493 e. The van der Waals surface area contributed by atoms with Crippen LogP contribution in [0.2, 0.25) is 0 Å². The summed E-state index contributed by atoms with van der Waals surface area (Å²) in [5.74, 6) is 3.02. The number of benzene rings is 1. The molecule has 3 heterocycles. The lowest BCUT2D eigenvalue weighted by Gasteiger charge is -2.25. The Morgan fingerprint density at radius 3 is 2.67 bits per heavy atom. The number of methoxy groups -OCH3 is 2. The van der Waals surface area contributed by atoms with E-state index in [9.17, 15) is 0 Å². The van der Waals surface area contributed by atoms with E-state index in [2.05, 4.69) is 20.1 Å². The summed E-state index contributed by atoms with van der Waals surface area (Å²) in [6.45, 7) is 0. The lowest BCUT2D eigenvalue weighted by molar-refractivity contribution is 0.339. The number of hydrogen-bond acceptors (Lipinski definition) is 8. The van der Waals surface area contributed by atoms with E-state index in [-0.39, 0.29) is 0 Å². The van der Waals surface area contributed by atoms with Crippen molar-refractivity contribution in [3.05, 3.63) is 47.9 Å². The predicted molar refractivity (Wildman–Crippen MR) is 130 cm³/mol. The zero-order chi connectivity index (χ0) is 22.6. The van der Waals surface area contributed by atoms with Crippen molar-refractivity contribution < 1.29 is 13.9 Å². The molecule has 33 heavy (non-hydrogen) atoms. The summed E-state index contributed by atoms with van der Waals surface area (Å²) >= 11 is 3.32. The third-order valence-electron chi connectivity index (χ3n) is 5.92. The van der Waals surface area contributed by atoms with E-state index in [0.717, 1.165) is 51.4 Å². The molecule has 3 aromatic heterocycles. The number of ether oxygens (including phenoxy) is 2. The van der Waals surface area contributed by atoms with E-state index in [1.807, 2.05) is 24.3 Å². The molecule has 0 aliphatic heterocycles. The first-order valence-electron chi connectivity index (χ1n) is 11.0. The molecule has 0 radical (unpaired) electrons. The molecule has 0 N–H and O–H groups in total. The summed E-state index contributed by atoms with van der Waals surface area (Å²) in [5.41, 5.74) is 3.03. The van der Waals surface area contributed by atoms with Gasteiger partial charge in [-0.2, -0.15) is 0 Å². The molecule has 1 fully saturated rings. The van der Waals surface area contributed by atoms with Crippen LogP contribution in [0.5, 0.6) is 11.5 Å². The Balaban J connectivity index is 1.43. The Morgan fingerprint density at radius 1 is 1.06 bits per heavy atom. The molecule has 0 unspecified atom stereocenters. The van der Waals surface area contributed by atoms with Crippen LogP contribution in [-0.2, 0) is 5.75 Å². The highest BCUT2D eigenvalue weighted by Gasteiger charge is 2.24. The van der Waals surface area contributed by atoms with Gasteiger partial charge in [0.15, 0.2) is 22.5 Å². The van der Waals surface area contributed by atoms with Crippen LogP contribution in [-0.4, -0.2) is 34.0 Å². The lowest BCUT2D eigenvalue weighted by Crippen LogP contribution is -2.15. The van der Waals surface area contributed by atoms with Crippen molar-refractivity contribution >= 4 is 23.1 Å². The minimum atomic E-state index is 0.399. The van der Waals surface area contributed by atoms with Crippen molar-refractivity contribution in [1.82, 2.24) is 19.7 Å². The smallest absolute Gasteiger partial charge is 0.192 e. The molecule has 5 rings (SSSR count). The minimum Gasteiger partial charge on any atom is -0.493 e. The Labute approximate surface area is 201 Å². The third-order valence-corrected chi connectivity index (χ3v) is 7.83. The summed E-state index contributed by atoms with van der Waals surface area (Å²) < 4.78 is 18.5. The molecule has 0 amide bonds. The molecule has 172 valence electrons. The second-order valence-corrected chi connectivity index (χ2v) is 9.78. The van der Waals surface area contributed by atoms with Crippen LogP contribution in [0.3, 0.4) is 0 Å². The fraction of sp³-hybridized carbons (Fsp3) is 0.375. The van der Waals surface area contributed by atoms with E-state index in [1.54, 1.807) is 49.8 Å². The molecule has 0 spiro atoms. The van der Waals surface area contributed by atoms with Gasteiger partial charge in [0.1, 0.15) is 11.3 Å². The fourth-order valence-electron chi connectivity index (χ4n) is 4.25. The molecule has 4 aromatic rings. The summed E-state index contributed by atoms with van der Waals surface area (Å²) in [4.78, 5) is 4.77. The molecule has 1 aromatic carbocycles. The second kappa shape index (κ2) is 10.0. The van der Waals surface area contributed by atoms with Crippen LogP contribution in [0.25, 0.3) is 22.0 Å². The number of aromatic nitrogens is 4. The predicted octanol–water partition coefficient (Wildman–Crippen LogP) is 6.48. The monoisotopic (exact) mass is 482 g/mol. The molecule has 1 saturated carbocycles. The van der Waals surface area contributed by atoms with E-state index in [4.69, 9.17) is 18.9 Å². The van der Waals surface area contributed by atoms with E-state index in [0.29, 0.717) is 17.5 Å². The van der Waals surface area contributed by atoms with Gasteiger partial charge in [-0.3, -0.25) is 4.57 Å². The molecular weight excluding hydrogens is 456 g/mol. The number of nitrogens with zero attached hydrogens (tertiary/aromatic N) is 4. The molecule has 7 nitrogen and oxygen atoms in total. The van der Waals surface area contributed by atoms with Crippen LogP contribution < -0.4 is 9.47 Å². The topological polar surface area (TPSA) is 75.2 Å². The van der Waals surface area contributed by atoms with Crippen LogP contribution >= 0.6 is 23.1 Å². The standard InChI is InChI=1S/C24H26N4O3S2/c1-29-20-9-8-16(12-21(20)30-2)22-26-27-24(28(22)19-6-4-3-5-7-19)33-15-18-14-32-23(25-18)17-10-11-31-13-17/h8-14,19H,3-7,15H2,1-2H3. The number of furan rings is 1. The normalized spacial score (nSPS) is 14.5. The number of thioether (sulfide) groups is 1. The first-order chi connectivity index (χ1) is 16.3. The van der Waals surface area contributed by atoms with Gasteiger partial charge < -0.3 is 13.9 Å². The molecule has 1 aliphatic carbocycles. The summed E-state index contributed by atoms with van der Waals surface area (Å²) in [7, 11) is 3.30. The van der Waals surface area contributed by atoms with Gasteiger partial charge in [0.25, 0.3) is 0 Å². The summed E-state index contributed by atoms with van der Waals surface area (Å²) in [5, 5.41) is 13.2. The second-order valence-electron chi connectivity index (χ2n) is 7.98. The fourth-order valence-corrected chi connectivity index (χ4v) is 6.06. The zero-order valence-corrected chi connectivity index (χ0v) is 20.3. The number of thiazole rings is 1. The molecule has 0 bridgehead atoms. The van der Waals surface area contributed by atoms with Crippen LogP contribution in [0.4, 0.5) is 0 Å². The van der Waals surface area contributed by atoms with Gasteiger partial charge >= 0.3 is 0 Å². The zero-order valence-electron chi connectivity index (χ0n) is 18.7. The van der Waals surface area contributed by atoms with Gasteiger partial charge in [-0.05, 0) is 37.1 Å². The van der Waals surface area contributed by atoms with Crippen molar-refractivity contribution in [2.24, 2.45) is 0 Å². The third kappa shape index (κ3) is 4.65. The Kier molecular flexibility index (Phi) is 6.68. The van der Waals surface area contributed by atoms with Gasteiger partial charge in [0, 0.05) is 28.3 Å². The Bertz CT molecular complexity index is 1200. The first-order valence-corrected chi connectivity index (χ1v) is 12.9. The molecule has 9 heteroatoms. The lowest BCUT2D eigenvalue weighted by atomic mass is 9.95. The van der Waals surface area contributed by atoms with Crippen molar-refractivity contribution in [3.8, 4) is 33.5 Å². The maximum atomic E-state index is 5.53. The molecular formula is C24H26N4O3S2. The average Bonchev–Trinajstić information content (AvgIpc) is 3.63. The summed E-state index contributed by atoms with van der Waals surface area (Å²) in [6.07, 6.45) is 9.46. The van der Waals surface area contributed by atoms with Gasteiger partial charge in [0.2, 0.25) is 0 Å². The SMILES string of the molecule is COc1ccc(-c2nnc(SCc3csc(-c4ccoc4)n3)n2C2CCCCC2)cc1OC. The Morgan fingerprint density at radius 2 is 1.91 bits per heavy atom. The minimum absolute atomic E-state index is 0.399. The maximum Gasteiger partial charge on any atom is 0.192 e. The highest BCUT2D eigenvalue weighted by Crippen LogP contribution is 2.38. The molecule has 1 aliphatic rings. The van der Waals surface area contributed by atoms with Gasteiger partial charge in [-0.15, -0.1) is 21.5 Å². The van der Waals surface area contributed by atoms with Gasteiger partial charge in [0.05, 0.1) is 26.2 Å². The van der Waals surface area contributed by atoms with Crippen LogP contribution in [0, 0.1) is 0 Å². The van der Waals surface area contributed by atoms with Crippen molar-refractivity contribution in [2.45, 2.75) is 49.1 Å². The van der Waals surface area contributed by atoms with E-state index >= 15 is 0 Å².